The summed E-state index contributed by atoms with van der Waals surface area (Å²) in [4.78, 5) is 26.9. The fourth-order valence-corrected chi connectivity index (χ4v) is 5.92. The van der Waals surface area contributed by atoms with E-state index >= 15 is 0 Å². The van der Waals surface area contributed by atoms with Crippen LogP contribution >= 0.6 is 0 Å². The van der Waals surface area contributed by atoms with Crippen molar-refractivity contribution in [2.45, 2.75) is 83.2 Å². The van der Waals surface area contributed by atoms with Crippen LogP contribution in [-0.4, -0.2) is 38.9 Å². The minimum atomic E-state index is -3.88. The molecule has 3 atom stereocenters. The molecular weight excluding hydrogens is 414 g/mol. The van der Waals surface area contributed by atoms with Crippen molar-refractivity contribution in [3.05, 3.63) is 23.8 Å². The Morgan fingerprint density at radius 1 is 1.19 bits per heavy atom. The number of hydrogen-bond acceptors (Lipinski definition) is 4. The van der Waals surface area contributed by atoms with Crippen LogP contribution in [0.3, 0.4) is 0 Å². The van der Waals surface area contributed by atoms with E-state index < -0.39 is 16.1 Å². The van der Waals surface area contributed by atoms with E-state index in [-0.39, 0.29) is 28.7 Å². The zero-order chi connectivity index (χ0) is 22.8. The van der Waals surface area contributed by atoms with Crippen molar-refractivity contribution < 1.29 is 18.0 Å². The smallest absolute Gasteiger partial charge is 0.241 e. The number of hydrogen-bond donors (Lipinski definition) is 2. The van der Waals surface area contributed by atoms with Crippen molar-refractivity contribution in [3.8, 4) is 0 Å². The summed E-state index contributed by atoms with van der Waals surface area (Å²) in [5, 5.41) is 3.08. The lowest BCUT2D eigenvalue weighted by Crippen LogP contribution is -2.53. The second-order valence-electron chi connectivity index (χ2n) is 9.16. The zero-order valence-corrected chi connectivity index (χ0v) is 19.8. The number of fused-ring (bicyclic) bond motifs is 1. The Morgan fingerprint density at radius 2 is 1.90 bits per heavy atom. The molecule has 1 aromatic carbocycles. The van der Waals surface area contributed by atoms with E-state index in [4.69, 9.17) is 0 Å². The highest BCUT2D eigenvalue weighted by Gasteiger charge is 2.32. The van der Waals surface area contributed by atoms with E-state index in [2.05, 4.69) is 17.0 Å². The quantitative estimate of drug-likeness (QED) is 0.669. The average Bonchev–Trinajstić information content (AvgIpc) is 3.16. The summed E-state index contributed by atoms with van der Waals surface area (Å²) < 4.78 is 28.8. The van der Waals surface area contributed by atoms with Crippen molar-refractivity contribution >= 4 is 27.5 Å². The van der Waals surface area contributed by atoms with E-state index in [1.54, 1.807) is 17.0 Å². The number of carbonyl (C=O) groups excluding carboxylic acids is 2. The largest absolute Gasteiger partial charge is 0.352 e. The first-order valence-corrected chi connectivity index (χ1v) is 12.9. The second kappa shape index (κ2) is 9.69. The van der Waals surface area contributed by atoms with E-state index in [0.29, 0.717) is 25.3 Å². The van der Waals surface area contributed by atoms with Gasteiger partial charge >= 0.3 is 0 Å². The maximum atomic E-state index is 13.1. The molecule has 1 heterocycles. The molecule has 0 saturated heterocycles. The Kier molecular flexibility index (Phi) is 7.42. The summed E-state index contributed by atoms with van der Waals surface area (Å²) in [5.74, 6) is -0.0347. The monoisotopic (exact) mass is 449 g/mol. The molecular formula is C23H35N3O4S. The highest BCUT2D eigenvalue weighted by Crippen LogP contribution is 2.31. The molecule has 1 aliphatic carbocycles. The number of rotatable bonds is 7. The maximum absolute atomic E-state index is 13.1. The van der Waals surface area contributed by atoms with Gasteiger partial charge in [0.05, 0.1) is 4.90 Å². The topological polar surface area (TPSA) is 95.6 Å². The molecule has 172 valence electrons. The highest BCUT2D eigenvalue weighted by molar-refractivity contribution is 7.89. The van der Waals surface area contributed by atoms with Crippen molar-refractivity contribution in [2.75, 3.05) is 11.4 Å². The molecule has 2 amide bonds. The molecule has 1 fully saturated rings. The first-order valence-electron chi connectivity index (χ1n) is 11.4. The lowest BCUT2D eigenvalue weighted by molar-refractivity contribution is -0.125. The summed E-state index contributed by atoms with van der Waals surface area (Å²) in [6, 6.07) is 4.08. The SMILES string of the molecule is CCC(=O)N1CCc2cc(S(=O)(=O)N[C@H](C(=O)N[C@@H]3CCCC[C@H]3C)C(C)C)ccc21. The fourth-order valence-electron chi connectivity index (χ4n) is 4.53. The molecule has 0 bridgehead atoms. The van der Waals surface area contributed by atoms with Crippen molar-refractivity contribution in [1.29, 1.82) is 0 Å². The van der Waals surface area contributed by atoms with Gasteiger partial charge in [-0.15, -0.1) is 0 Å². The molecule has 0 radical (unpaired) electrons. The van der Waals surface area contributed by atoms with Crippen LogP contribution < -0.4 is 14.9 Å². The van der Waals surface area contributed by atoms with Crippen molar-refractivity contribution in [1.82, 2.24) is 10.0 Å². The zero-order valence-electron chi connectivity index (χ0n) is 19.0. The molecule has 0 spiro atoms. The predicted octanol–water partition coefficient (Wildman–Crippen LogP) is 2.98. The lowest BCUT2D eigenvalue weighted by Gasteiger charge is -2.32. The first-order chi connectivity index (χ1) is 14.6. The van der Waals surface area contributed by atoms with Gasteiger partial charge in [0.25, 0.3) is 0 Å². The second-order valence-corrected chi connectivity index (χ2v) is 10.9. The van der Waals surface area contributed by atoms with Crippen LogP contribution in [0.25, 0.3) is 0 Å². The highest BCUT2D eigenvalue weighted by atomic mass is 32.2. The van der Waals surface area contributed by atoms with Crippen molar-refractivity contribution in [2.24, 2.45) is 11.8 Å². The van der Waals surface area contributed by atoms with Crippen LogP contribution in [0.2, 0.25) is 0 Å². The Balaban J connectivity index is 1.76. The predicted molar refractivity (Wildman–Crippen MR) is 121 cm³/mol. The van der Waals surface area contributed by atoms with Gasteiger partial charge in [-0.1, -0.05) is 40.5 Å². The number of anilines is 1. The Morgan fingerprint density at radius 3 is 2.55 bits per heavy atom. The molecule has 7 nitrogen and oxygen atoms in total. The van der Waals surface area contributed by atoms with Crippen LogP contribution in [0.5, 0.6) is 0 Å². The van der Waals surface area contributed by atoms with Gasteiger partial charge in [-0.3, -0.25) is 9.59 Å². The number of benzene rings is 1. The molecule has 3 rings (SSSR count). The van der Waals surface area contributed by atoms with Gasteiger partial charge in [-0.2, -0.15) is 4.72 Å². The number of nitrogens with one attached hydrogen (secondary N) is 2. The third-order valence-corrected chi connectivity index (χ3v) is 7.97. The van der Waals surface area contributed by atoms with Crippen LogP contribution in [0.15, 0.2) is 23.1 Å². The normalized spacial score (nSPS) is 22.3. The van der Waals surface area contributed by atoms with Crippen molar-refractivity contribution in [3.63, 3.8) is 0 Å². The molecule has 2 N–H and O–H groups in total. The van der Waals surface area contributed by atoms with E-state index in [0.717, 1.165) is 30.5 Å². The van der Waals surface area contributed by atoms with Gasteiger partial charge in [-0.25, -0.2) is 8.42 Å². The first kappa shape index (κ1) is 23.7. The number of amides is 2. The molecule has 1 saturated carbocycles. The fraction of sp³-hybridized carbons (Fsp3) is 0.652. The summed E-state index contributed by atoms with van der Waals surface area (Å²) >= 11 is 0. The van der Waals surface area contributed by atoms with Crippen LogP contribution in [0.1, 0.15) is 65.4 Å². The van der Waals surface area contributed by atoms with Crippen LogP contribution in [0.4, 0.5) is 5.69 Å². The molecule has 2 aliphatic rings. The summed E-state index contributed by atoms with van der Waals surface area (Å²) in [6.45, 7) is 8.20. The van der Waals surface area contributed by atoms with E-state index in [1.807, 2.05) is 20.8 Å². The number of sulfonamides is 1. The van der Waals surface area contributed by atoms with E-state index in [9.17, 15) is 18.0 Å². The lowest BCUT2D eigenvalue weighted by atomic mass is 9.85. The Labute approximate surface area is 186 Å². The number of carbonyl (C=O) groups is 2. The Bertz CT molecular complexity index is 929. The van der Waals surface area contributed by atoms with E-state index in [1.165, 1.54) is 12.5 Å². The summed E-state index contributed by atoms with van der Waals surface area (Å²) in [7, 11) is -3.88. The third kappa shape index (κ3) is 5.29. The van der Waals surface area contributed by atoms with Gasteiger partial charge < -0.3 is 10.2 Å². The Hall–Kier alpha value is -1.93. The van der Waals surface area contributed by atoms with Gasteiger partial charge in [0.2, 0.25) is 21.8 Å². The molecule has 1 aliphatic heterocycles. The minimum absolute atomic E-state index is 0.0287. The molecule has 1 aromatic rings. The summed E-state index contributed by atoms with van der Waals surface area (Å²) in [5.41, 5.74) is 1.61. The molecule has 0 unspecified atom stereocenters. The standard InChI is InChI=1S/C23H35N3O4S/c1-5-21(27)26-13-12-17-14-18(10-11-20(17)26)31(29,30)25-22(15(2)3)23(28)24-19-9-7-6-8-16(19)4/h10-11,14-16,19,22,25H,5-9,12-13H2,1-4H3,(H,24,28)/t16-,19-,22+/m1/s1. The van der Waals surface area contributed by atoms with Gasteiger partial charge in [0.15, 0.2) is 0 Å². The average molecular weight is 450 g/mol. The molecule has 31 heavy (non-hydrogen) atoms. The van der Waals surface area contributed by atoms with Gasteiger partial charge in [0, 0.05) is 24.7 Å². The van der Waals surface area contributed by atoms with Crippen LogP contribution in [0, 0.1) is 11.8 Å². The maximum Gasteiger partial charge on any atom is 0.241 e. The number of nitrogens with zero attached hydrogens (tertiary/aromatic N) is 1. The van der Waals surface area contributed by atoms with Gasteiger partial charge in [-0.05, 0) is 54.9 Å². The third-order valence-electron chi connectivity index (χ3n) is 6.53. The minimum Gasteiger partial charge on any atom is -0.352 e. The molecule has 8 heteroatoms. The summed E-state index contributed by atoms with van der Waals surface area (Å²) in [6.07, 6.45) is 5.30. The van der Waals surface area contributed by atoms with Gasteiger partial charge in [0.1, 0.15) is 6.04 Å². The molecule has 0 aromatic heterocycles. The van der Waals surface area contributed by atoms with Crippen LogP contribution in [-0.2, 0) is 26.0 Å².